The Hall–Kier alpha value is 0.137. The third-order valence-electron chi connectivity index (χ3n) is 3.19. The summed E-state index contributed by atoms with van der Waals surface area (Å²) >= 11 is 0. The lowest BCUT2D eigenvalue weighted by Gasteiger charge is -2.45. The van der Waals surface area contributed by atoms with Crippen molar-refractivity contribution in [2.45, 2.75) is 63.9 Å². The lowest BCUT2D eigenvalue weighted by molar-refractivity contribution is 0.0262. The number of hydrogen-bond acceptors (Lipinski definition) is 2. The third-order valence-corrected chi connectivity index (χ3v) is 5.76. The molecular formula is C10H23NOSi. The highest BCUT2D eigenvalue weighted by Gasteiger charge is 2.41. The molecule has 0 aromatic heterocycles. The zero-order valence-corrected chi connectivity index (χ0v) is 10.4. The monoisotopic (exact) mass is 201 g/mol. The van der Waals surface area contributed by atoms with Gasteiger partial charge in [-0.15, -0.1) is 0 Å². The van der Waals surface area contributed by atoms with E-state index in [4.69, 9.17) is 10.2 Å². The molecule has 1 aliphatic heterocycles. The van der Waals surface area contributed by atoms with Crippen molar-refractivity contribution in [2.24, 2.45) is 5.73 Å². The zero-order valence-electron chi connectivity index (χ0n) is 9.39. The quantitative estimate of drug-likeness (QED) is 0.697. The summed E-state index contributed by atoms with van der Waals surface area (Å²) in [5, 5.41) is 0. The van der Waals surface area contributed by atoms with Crippen molar-refractivity contribution in [3.05, 3.63) is 0 Å². The molecule has 2 atom stereocenters. The van der Waals surface area contributed by atoms with E-state index in [9.17, 15) is 0 Å². The maximum atomic E-state index is 6.23. The van der Waals surface area contributed by atoms with E-state index in [1.165, 1.54) is 12.5 Å². The molecule has 13 heavy (non-hydrogen) atoms. The Morgan fingerprint density at radius 3 is 2.62 bits per heavy atom. The minimum absolute atomic E-state index is 0.0390. The average molecular weight is 201 g/mol. The van der Waals surface area contributed by atoms with E-state index in [1.807, 2.05) is 0 Å². The van der Waals surface area contributed by atoms with E-state index in [0.29, 0.717) is 0 Å². The Morgan fingerprint density at radius 2 is 2.15 bits per heavy atom. The second kappa shape index (κ2) is 3.71. The molecule has 0 aromatic carbocycles. The summed E-state index contributed by atoms with van der Waals surface area (Å²) in [5.74, 6) is 0. The first-order chi connectivity index (χ1) is 5.90. The average Bonchev–Trinajstić information content (AvgIpc) is 2.00. The van der Waals surface area contributed by atoms with Crippen molar-refractivity contribution in [1.82, 2.24) is 0 Å². The number of hydrogen-bond donors (Lipinski definition) is 1. The maximum Gasteiger partial charge on any atom is 0.187 e. The van der Waals surface area contributed by atoms with Crippen molar-refractivity contribution in [3.63, 3.8) is 0 Å². The first-order valence-electron chi connectivity index (χ1n) is 5.35. The number of rotatable bonds is 2. The van der Waals surface area contributed by atoms with Crippen LogP contribution in [0.15, 0.2) is 0 Å². The second-order valence-corrected chi connectivity index (χ2v) is 9.27. The fourth-order valence-corrected chi connectivity index (χ4v) is 4.94. The van der Waals surface area contributed by atoms with Crippen LogP contribution in [0.25, 0.3) is 0 Å². The topological polar surface area (TPSA) is 35.2 Å². The summed E-state index contributed by atoms with van der Waals surface area (Å²) in [5.41, 5.74) is 6.06. The van der Waals surface area contributed by atoms with Crippen LogP contribution >= 0.6 is 0 Å². The van der Waals surface area contributed by atoms with E-state index in [1.54, 1.807) is 0 Å². The van der Waals surface area contributed by atoms with Gasteiger partial charge in [-0.25, -0.2) is 0 Å². The predicted molar refractivity (Wildman–Crippen MR) is 59.3 cm³/mol. The van der Waals surface area contributed by atoms with Gasteiger partial charge in [0.2, 0.25) is 0 Å². The molecule has 0 radical (unpaired) electrons. The van der Waals surface area contributed by atoms with Crippen LogP contribution in [0, 0.1) is 0 Å². The summed E-state index contributed by atoms with van der Waals surface area (Å²) in [6.45, 7) is 8.93. The maximum absolute atomic E-state index is 6.23. The predicted octanol–water partition coefficient (Wildman–Crippen LogP) is 2.50. The smallest absolute Gasteiger partial charge is 0.187 e. The van der Waals surface area contributed by atoms with Crippen molar-refractivity contribution in [3.8, 4) is 0 Å². The summed E-state index contributed by atoms with van der Waals surface area (Å²) in [6, 6.07) is 1.50. The Bertz CT molecular complexity index is 184. The molecule has 1 rings (SSSR count). The van der Waals surface area contributed by atoms with Crippen molar-refractivity contribution in [2.75, 3.05) is 0 Å². The molecule has 0 saturated carbocycles. The molecule has 2 nitrogen and oxygen atoms in total. The molecule has 0 bridgehead atoms. The normalized spacial score (nSPS) is 35.8. The molecule has 0 spiro atoms. The molecule has 0 aliphatic carbocycles. The standard InChI is InChI=1S/C10H23NOSi/c1-5-9(11)10(2)7-6-8-13(3,4)12-10/h9H,5-8,11H2,1-4H3. The molecule has 0 amide bonds. The van der Waals surface area contributed by atoms with Crippen LogP contribution in [0.4, 0.5) is 0 Å². The Kier molecular flexibility index (Phi) is 3.20. The van der Waals surface area contributed by atoms with Gasteiger partial charge in [-0.05, 0) is 38.9 Å². The summed E-state index contributed by atoms with van der Waals surface area (Å²) in [6.07, 6.45) is 3.45. The van der Waals surface area contributed by atoms with Gasteiger partial charge in [0, 0.05) is 6.04 Å². The Morgan fingerprint density at radius 1 is 1.54 bits per heavy atom. The molecule has 1 fully saturated rings. The highest BCUT2D eigenvalue weighted by Crippen LogP contribution is 2.35. The molecular weight excluding hydrogens is 178 g/mol. The molecule has 2 unspecified atom stereocenters. The van der Waals surface area contributed by atoms with Crippen LogP contribution in [0.1, 0.15) is 33.1 Å². The molecule has 78 valence electrons. The van der Waals surface area contributed by atoms with E-state index in [-0.39, 0.29) is 11.6 Å². The SMILES string of the molecule is CCC(N)C1(C)CCC[Si](C)(C)O1. The van der Waals surface area contributed by atoms with Crippen LogP contribution in [0.5, 0.6) is 0 Å². The van der Waals surface area contributed by atoms with Gasteiger partial charge in [-0.3, -0.25) is 0 Å². The fraction of sp³-hybridized carbons (Fsp3) is 1.00. The number of nitrogens with two attached hydrogens (primary N) is 1. The molecule has 1 aliphatic rings. The van der Waals surface area contributed by atoms with Gasteiger partial charge in [0.1, 0.15) is 0 Å². The lowest BCUT2D eigenvalue weighted by atomic mass is 9.90. The van der Waals surface area contributed by atoms with Gasteiger partial charge in [0.25, 0.3) is 0 Å². The highest BCUT2D eigenvalue weighted by molar-refractivity contribution is 6.71. The van der Waals surface area contributed by atoms with Gasteiger partial charge in [0.15, 0.2) is 8.32 Å². The van der Waals surface area contributed by atoms with Gasteiger partial charge >= 0.3 is 0 Å². The van der Waals surface area contributed by atoms with Crippen LogP contribution < -0.4 is 5.73 Å². The van der Waals surface area contributed by atoms with Gasteiger partial charge in [-0.2, -0.15) is 0 Å². The van der Waals surface area contributed by atoms with E-state index in [2.05, 4.69) is 26.9 Å². The zero-order chi connectivity index (χ0) is 10.1. The molecule has 1 heterocycles. The van der Waals surface area contributed by atoms with E-state index in [0.717, 1.165) is 12.8 Å². The molecule has 2 N–H and O–H groups in total. The fourth-order valence-electron chi connectivity index (χ4n) is 2.29. The minimum Gasteiger partial charge on any atom is -0.411 e. The van der Waals surface area contributed by atoms with Crippen LogP contribution in [-0.2, 0) is 4.43 Å². The van der Waals surface area contributed by atoms with Crippen molar-refractivity contribution >= 4 is 8.32 Å². The minimum atomic E-state index is -1.38. The largest absolute Gasteiger partial charge is 0.411 e. The molecule has 1 saturated heterocycles. The van der Waals surface area contributed by atoms with Gasteiger partial charge in [-0.1, -0.05) is 13.3 Å². The van der Waals surface area contributed by atoms with Crippen LogP contribution in [0.2, 0.25) is 19.1 Å². The van der Waals surface area contributed by atoms with Crippen molar-refractivity contribution < 1.29 is 4.43 Å². The van der Waals surface area contributed by atoms with E-state index < -0.39 is 8.32 Å². The lowest BCUT2D eigenvalue weighted by Crippen LogP contribution is -2.56. The van der Waals surface area contributed by atoms with Gasteiger partial charge < -0.3 is 10.2 Å². The highest BCUT2D eigenvalue weighted by atomic mass is 28.4. The Labute approximate surface area is 83.0 Å². The summed E-state index contributed by atoms with van der Waals surface area (Å²) < 4.78 is 6.23. The van der Waals surface area contributed by atoms with Crippen LogP contribution in [-0.4, -0.2) is 20.0 Å². The van der Waals surface area contributed by atoms with Gasteiger partial charge in [0.05, 0.1) is 5.60 Å². The summed E-state index contributed by atoms with van der Waals surface area (Å²) in [7, 11) is -1.38. The second-order valence-electron chi connectivity index (χ2n) is 5.04. The Balaban J connectivity index is 2.68. The van der Waals surface area contributed by atoms with E-state index >= 15 is 0 Å². The third kappa shape index (κ3) is 2.54. The molecule has 0 aromatic rings. The van der Waals surface area contributed by atoms with Crippen molar-refractivity contribution in [1.29, 1.82) is 0 Å². The molecule has 3 heteroatoms. The summed E-state index contributed by atoms with van der Waals surface area (Å²) in [4.78, 5) is 0. The first-order valence-corrected chi connectivity index (χ1v) is 8.47. The van der Waals surface area contributed by atoms with Crippen LogP contribution in [0.3, 0.4) is 0 Å². The first kappa shape index (κ1) is 11.2.